The number of hydrogen-bond acceptors (Lipinski definition) is 4. The summed E-state index contributed by atoms with van der Waals surface area (Å²) >= 11 is 0. The second kappa shape index (κ2) is 8.37. The number of halogens is 3. The Hall–Kier alpha value is -2.03. The second-order valence-electron chi connectivity index (χ2n) is 6.36. The summed E-state index contributed by atoms with van der Waals surface area (Å²) in [5.41, 5.74) is 0.443. The Balaban J connectivity index is 1.78. The maximum absolute atomic E-state index is 12.4. The fraction of sp³-hybridized carbons (Fsp3) is 0.625. The summed E-state index contributed by atoms with van der Waals surface area (Å²) in [5.74, 6) is 0.332. The van der Waals surface area contributed by atoms with Gasteiger partial charge in [-0.3, -0.25) is 4.90 Å². The number of anilines is 1. The van der Waals surface area contributed by atoms with Gasteiger partial charge in [-0.05, 0) is 44.9 Å². The van der Waals surface area contributed by atoms with Gasteiger partial charge in [-0.2, -0.15) is 13.2 Å². The third kappa shape index (κ3) is 6.77. The molecule has 0 aliphatic carbocycles. The van der Waals surface area contributed by atoms with Gasteiger partial charge in [0.1, 0.15) is 5.69 Å². The average Bonchev–Trinajstić information content (AvgIpc) is 2.92. The summed E-state index contributed by atoms with van der Waals surface area (Å²) in [6.45, 7) is 3.84. The van der Waals surface area contributed by atoms with Crippen molar-refractivity contribution in [3.05, 3.63) is 18.3 Å². The van der Waals surface area contributed by atoms with E-state index < -0.39 is 18.8 Å². The number of aromatic nitrogens is 1. The number of carbonyl (C=O) groups excluding carboxylic acids is 1. The van der Waals surface area contributed by atoms with Gasteiger partial charge >= 0.3 is 12.2 Å². The minimum absolute atomic E-state index is 0.00776. The smallest absolute Gasteiger partial charge is 0.401 e. The van der Waals surface area contributed by atoms with Crippen molar-refractivity contribution in [3.63, 3.8) is 0 Å². The highest BCUT2D eigenvalue weighted by Crippen LogP contribution is 2.23. The molecule has 1 unspecified atom stereocenters. The summed E-state index contributed by atoms with van der Waals surface area (Å²) in [4.78, 5) is 17.5. The highest BCUT2D eigenvalue weighted by Gasteiger charge is 2.34. The molecular formula is C16H23F3N4O2. The molecular weight excluding hydrogens is 337 g/mol. The number of pyridine rings is 1. The van der Waals surface area contributed by atoms with Crippen molar-refractivity contribution in [3.8, 4) is 5.88 Å². The molecule has 2 heterocycles. The summed E-state index contributed by atoms with van der Waals surface area (Å²) in [6, 6.07) is 2.91. The molecule has 0 bridgehead atoms. The molecule has 9 heteroatoms. The average molecular weight is 360 g/mol. The fourth-order valence-electron chi connectivity index (χ4n) is 2.68. The predicted octanol–water partition coefficient (Wildman–Crippen LogP) is 2.87. The zero-order valence-corrected chi connectivity index (χ0v) is 14.3. The van der Waals surface area contributed by atoms with Gasteiger partial charge in [-0.15, -0.1) is 0 Å². The molecule has 1 saturated heterocycles. The van der Waals surface area contributed by atoms with Gasteiger partial charge in [-0.25, -0.2) is 9.78 Å². The number of likely N-dealkylation sites (tertiary alicyclic amines) is 1. The minimum atomic E-state index is -4.19. The van der Waals surface area contributed by atoms with E-state index in [1.54, 1.807) is 18.3 Å². The molecule has 6 nitrogen and oxygen atoms in total. The van der Waals surface area contributed by atoms with E-state index in [2.05, 4.69) is 15.6 Å². The monoisotopic (exact) mass is 360 g/mol. The molecule has 1 aliphatic heterocycles. The SMILES string of the molecule is CC(C)Oc1ncccc1NC(=O)NCC1CCN(CC(F)(F)F)C1. The zero-order valence-electron chi connectivity index (χ0n) is 14.3. The Morgan fingerprint density at radius 3 is 2.92 bits per heavy atom. The molecule has 0 saturated carbocycles. The zero-order chi connectivity index (χ0) is 18.4. The van der Waals surface area contributed by atoms with Crippen LogP contribution in [0.25, 0.3) is 0 Å². The van der Waals surface area contributed by atoms with Crippen LogP contribution in [0, 0.1) is 5.92 Å². The van der Waals surface area contributed by atoms with E-state index in [4.69, 9.17) is 4.74 Å². The van der Waals surface area contributed by atoms with Crippen LogP contribution >= 0.6 is 0 Å². The summed E-state index contributed by atoms with van der Waals surface area (Å²) < 4.78 is 42.7. The van der Waals surface area contributed by atoms with Gasteiger partial charge in [0.05, 0.1) is 12.6 Å². The van der Waals surface area contributed by atoms with Crippen LogP contribution in [0.5, 0.6) is 5.88 Å². The quantitative estimate of drug-likeness (QED) is 0.819. The molecule has 2 N–H and O–H groups in total. The van der Waals surface area contributed by atoms with Gasteiger partial charge in [0.25, 0.3) is 0 Å². The van der Waals surface area contributed by atoms with Gasteiger partial charge < -0.3 is 15.4 Å². The number of hydrogen-bond donors (Lipinski definition) is 2. The topological polar surface area (TPSA) is 66.5 Å². The minimum Gasteiger partial charge on any atom is -0.473 e. The Labute approximate surface area is 144 Å². The molecule has 1 atom stereocenters. The van der Waals surface area contributed by atoms with Crippen LogP contribution in [0.1, 0.15) is 20.3 Å². The first kappa shape index (κ1) is 19.3. The van der Waals surface area contributed by atoms with Crippen LogP contribution in [0.3, 0.4) is 0 Å². The Morgan fingerprint density at radius 1 is 1.48 bits per heavy atom. The molecule has 25 heavy (non-hydrogen) atoms. The first-order chi connectivity index (χ1) is 11.7. The predicted molar refractivity (Wildman–Crippen MR) is 87.6 cm³/mol. The van der Waals surface area contributed by atoms with Crippen molar-refractivity contribution in [2.75, 3.05) is 31.5 Å². The van der Waals surface area contributed by atoms with E-state index in [0.29, 0.717) is 37.6 Å². The van der Waals surface area contributed by atoms with Gasteiger partial charge in [-0.1, -0.05) is 0 Å². The van der Waals surface area contributed by atoms with Crippen LogP contribution in [-0.4, -0.2) is 54.4 Å². The lowest BCUT2D eigenvalue weighted by Gasteiger charge is -2.18. The number of urea groups is 1. The number of rotatable bonds is 6. The highest BCUT2D eigenvalue weighted by atomic mass is 19.4. The summed E-state index contributed by atoms with van der Waals surface area (Å²) in [7, 11) is 0. The largest absolute Gasteiger partial charge is 0.473 e. The number of carbonyl (C=O) groups is 1. The molecule has 1 aliphatic rings. The molecule has 0 radical (unpaired) electrons. The standard InChI is InChI=1S/C16H23F3N4O2/c1-11(2)25-14-13(4-3-6-20-14)22-15(24)21-8-12-5-7-23(9-12)10-16(17,18)19/h3-4,6,11-12H,5,7-10H2,1-2H3,(H2,21,22,24). The van der Waals surface area contributed by atoms with Crippen LogP contribution in [0.4, 0.5) is 23.7 Å². The van der Waals surface area contributed by atoms with E-state index in [1.165, 1.54) is 4.90 Å². The lowest BCUT2D eigenvalue weighted by Crippen LogP contribution is -2.36. The molecule has 2 amide bonds. The molecule has 1 aromatic heterocycles. The Bertz CT molecular complexity index is 581. The number of alkyl halides is 3. The van der Waals surface area contributed by atoms with Crippen LogP contribution < -0.4 is 15.4 Å². The van der Waals surface area contributed by atoms with E-state index >= 15 is 0 Å². The van der Waals surface area contributed by atoms with Crippen LogP contribution in [0.2, 0.25) is 0 Å². The lowest BCUT2D eigenvalue weighted by atomic mass is 10.1. The van der Waals surface area contributed by atoms with E-state index in [1.807, 2.05) is 13.8 Å². The third-order valence-corrected chi connectivity index (χ3v) is 3.69. The first-order valence-electron chi connectivity index (χ1n) is 8.18. The molecule has 1 fully saturated rings. The fourth-order valence-corrected chi connectivity index (χ4v) is 2.68. The molecule has 2 rings (SSSR count). The van der Waals surface area contributed by atoms with Crippen molar-refractivity contribution in [2.45, 2.75) is 32.5 Å². The first-order valence-corrected chi connectivity index (χ1v) is 8.18. The maximum atomic E-state index is 12.4. The normalized spacial score (nSPS) is 18.4. The van der Waals surface area contributed by atoms with Crippen LogP contribution in [0.15, 0.2) is 18.3 Å². The van der Waals surface area contributed by atoms with Gasteiger partial charge in [0.15, 0.2) is 0 Å². The van der Waals surface area contributed by atoms with Crippen molar-refractivity contribution in [2.24, 2.45) is 5.92 Å². The number of nitrogens with one attached hydrogen (secondary N) is 2. The van der Waals surface area contributed by atoms with E-state index in [0.717, 1.165) is 0 Å². The molecule has 140 valence electrons. The number of ether oxygens (including phenoxy) is 1. The highest BCUT2D eigenvalue weighted by molar-refractivity contribution is 5.90. The third-order valence-electron chi connectivity index (χ3n) is 3.69. The van der Waals surface area contributed by atoms with E-state index in [9.17, 15) is 18.0 Å². The van der Waals surface area contributed by atoms with Crippen molar-refractivity contribution in [1.29, 1.82) is 0 Å². The Kier molecular flexibility index (Phi) is 6.46. The Morgan fingerprint density at radius 2 is 2.24 bits per heavy atom. The van der Waals surface area contributed by atoms with Crippen LogP contribution in [-0.2, 0) is 0 Å². The van der Waals surface area contributed by atoms with Crippen molar-refractivity contribution >= 4 is 11.7 Å². The number of amides is 2. The lowest BCUT2D eigenvalue weighted by molar-refractivity contribution is -0.143. The second-order valence-corrected chi connectivity index (χ2v) is 6.36. The van der Waals surface area contributed by atoms with Crippen molar-refractivity contribution < 1.29 is 22.7 Å². The molecule has 1 aromatic rings. The van der Waals surface area contributed by atoms with E-state index in [-0.39, 0.29) is 12.0 Å². The van der Waals surface area contributed by atoms with Crippen molar-refractivity contribution in [1.82, 2.24) is 15.2 Å². The number of nitrogens with zero attached hydrogens (tertiary/aromatic N) is 2. The molecule has 0 aromatic carbocycles. The van der Waals surface area contributed by atoms with Gasteiger partial charge in [0, 0.05) is 19.3 Å². The summed E-state index contributed by atoms with van der Waals surface area (Å²) in [5, 5.41) is 5.35. The molecule has 0 spiro atoms. The summed E-state index contributed by atoms with van der Waals surface area (Å²) in [6.07, 6.45) is -2.08. The maximum Gasteiger partial charge on any atom is 0.401 e. The van der Waals surface area contributed by atoms with Gasteiger partial charge in [0.2, 0.25) is 5.88 Å².